The molecule has 0 fully saturated rings. The first-order valence-corrected chi connectivity index (χ1v) is 7.71. The van der Waals surface area contributed by atoms with Gasteiger partial charge in [0.2, 0.25) is 0 Å². The summed E-state index contributed by atoms with van der Waals surface area (Å²) in [7, 11) is -1.51. The first-order valence-electron chi connectivity index (χ1n) is 6.27. The molecular weight excluding hydrogens is 304 g/mol. The molecule has 0 saturated heterocycles. The van der Waals surface area contributed by atoms with Crippen LogP contribution in [0.2, 0.25) is 0 Å². The Hall–Kier alpha value is -1.39. The number of carbonyl (C=O) groups is 2. The van der Waals surface area contributed by atoms with Crippen LogP contribution >= 0.6 is 0 Å². The predicted octanol–water partition coefficient (Wildman–Crippen LogP) is -0.123. The van der Waals surface area contributed by atoms with Crippen LogP contribution in [0.25, 0.3) is 0 Å². The van der Waals surface area contributed by atoms with Crippen LogP contribution < -0.4 is 4.72 Å². The lowest BCUT2D eigenvalue weighted by Gasteiger charge is -2.21. The molecule has 0 bridgehead atoms. The van der Waals surface area contributed by atoms with Gasteiger partial charge in [-0.2, -0.15) is 12.7 Å². The summed E-state index contributed by atoms with van der Waals surface area (Å²) in [4.78, 5) is 22.5. The maximum atomic E-state index is 12.0. The van der Waals surface area contributed by atoms with Gasteiger partial charge in [-0.15, -0.1) is 0 Å². The van der Waals surface area contributed by atoms with E-state index < -0.39 is 28.4 Å². The maximum absolute atomic E-state index is 12.0. The lowest BCUT2D eigenvalue weighted by Crippen LogP contribution is -2.46. The second-order valence-corrected chi connectivity index (χ2v) is 5.95. The summed E-state index contributed by atoms with van der Waals surface area (Å²) in [5.41, 5.74) is 0. The van der Waals surface area contributed by atoms with Gasteiger partial charge >= 0.3 is 22.3 Å². The highest BCUT2D eigenvalue weighted by Gasteiger charge is 2.25. The van der Waals surface area contributed by atoms with E-state index in [0.29, 0.717) is 0 Å². The Bertz CT molecular complexity index is 436. The molecule has 0 saturated carbocycles. The van der Waals surface area contributed by atoms with E-state index in [1.54, 1.807) is 18.6 Å². The Morgan fingerprint density at radius 3 is 2.29 bits per heavy atom. The highest BCUT2D eigenvalue weighted by molar-refractivity contribution is 7.87. The molecule has 0 aliphatic heterocycles. The number of nitrogens with one attached hydrogen (secondary N) is 1. The number of esters is 1. The monoisotopic (exact) mass is 326 g/mol. The molecule has 10 heteroatoms. The van der Waals surface area contributed by atoms with Crippen LogP contribution in [0.5, 0.6) is 0 Å². The first-order chi connectivity index (χ1) is 9.72. The average Bonchev–Trinajstić information content (AvgIpc) is 2.36. The van der Waals surface area contributed by atoms with Crippen LogP contribution in [0.4, 0.5) is 4.79 Å². The van der Waals surface area contributed by atoms with Crippen molar-refractivity contribution < 1.29 is 32.2 Å². The zero-order valence-electron chi connectivity index (χ0n) is 12.6. The highest BCUT2D eigenvalue weighted by atomic mass is 32.2. The first kappa shape index (κ1) is 19.6. The predicted molar refractivity (Wildman–Crippen MR) is 73.8 cm³/mol. The van der Waals surface area contributed by atoms with Gasteiger partial charge < -0.3 is 14.2 Å². The summed E-state index contributed by atoms with van der Waals surface area (Å²) >= 11 is 0. The third-order valence-corrected chi connectivity index (χ3v) is 3.70. The van der Waals surface area contributed by atoms with E-state index in [-0.39, 0.29) is 26.1 Å². The molecule has 124 valence electrons. The molecule has 1 amide bonds. The number of methoxy groups -OCH3 is 2. The maximum Gasteiger partial charge on any atom is 0.422 e. The molecule has 0 aliphatic carbocycles. The van der Waals surface area contributed by atoms with Gasteiger partial charge in [0.05, 0.1) is 26.2 Å². The Morgan fingerprint density at radius 2 is 1.81 bits per heavy atom. The van der Waals surface area contributed by atoms with E-state index in [2.05, 4.69) is 4.74 Å². The quantitative estimate of drug-likeness (QED) is 0.588. The van der Waals surface area contributed by atoms with E-state index in [1.165, 1.54) is 14.2 Å². The van der Waals surface area contributed by atoms with E-state index in [0.717, 1.165) is 4.31 Å². The van der Waals surface area contributed by atoms with Crippen molar-refractivity contribution in [2.75, 3.05) is 33.9 Å². The molecule has 0 aromatic carbocycles. The zero-order chi connectivity index (χ0) is 16.5. The van der Waals surface area contributed by atoms with Crippen molar-refractivity contribution in [2.24, 2.45) is 0 Å². The molecule has 0 spiro atoms. The molecule has 0 rings (SSSR count). The van der Waals surface area contributed by atoms with Crippen molar-refractivity contribution in [3.63, 3.8) is 0 Å². The van der Waals surface area contributed by atoms with Crippen molar-refractivity contribution in [3.05, 3.63) is 0 Å². The molecule has 0 unspecified atom stereocenters. The third-order valence-electron chi connectivity index (χ3n) is 2.23. The van der Waals surface area contributed by atoms with Gasteiger partial charge in [0.25, 0.3) is 0 Å². The Labute approximate surface area is 124 Å². The molecule has 0 aromatic heterocycles. The smallest absolute Gasteiger partial charge is 0.422 e. The summed E-state index contributed by atoms with van der Waals surface area (Å²) < 4.78 is 40.7. The van der Waals surface area contributed by atoms with Crippen LogP contribution in [-0.4, -0.2) is 64.8 Å². The lowest BCUT2D eigenvalue weighted by atomic mass is 10.4. The fourth-order valence-corrected chi connectivity index (χ4v) is 2.31. The Balaban J connectivity index is 4.76. The minimum absolute atomic E-state index is 0.0161. The number of rotatable bonds is 9. The number of hydrogen-bond donors (Lipinski definition) is 1. The summed E-state index contributed by atoms with van der Waals surface area (Å²) in [6.45, 7) is 3.14. The molecule has 0 radical (unpaired) electrons. The van der Waals surface area contributed by atoms with Crippen molar-refractivity contribution in [1.82, 2.24) is 9.03 Å². The molecule has 0 aromatic rings. The number of carbonyl (C=O) groups excluding carboxylic acids is 2. The molecule has 1 N–H and O–H groups in total. The molecule has 0 atom stereocenters. The minimum Gasteiger partial charge on any atom is -0.469 e. The molecule has 0 heterocycles. The summed E-state index contributed by atoms with van der Waals surface area (Å²) in [5, 5.41) is 0. The fraction of sp³-hybridized carbons (Fsp3) is 0.818. The number of nitrogens with zero attached hydrogens (tertiary/aromatic N) is 1. The van der Waals surface area contributed by atoms with Gasteiger partial charge in [0, 0.05) is 20.2 Å². The second-order valence-electron chi connectivity index (χ2n) is 4.28. The Kier molecular flexibility index (Phi) is 8.90. The fourth-order valence-electron chi connectivity index (χ4n) is 1.27. The molecule has 21 heavy (non-hydrogen) atoms. The van der Waals surface area contributed by atoms with Crippen LogP contribution in [0.15, 0.2) is 0 Å². The minimum atomic E-state index is -4.12. The van der Waals surface area contributed by atoms with Crippen LogP contribution in [0, 0.1) is 0 Å². The number of hydrogen-bond acceptors (Lipinski definition) is 7. The summed E-state index contributed by atoms with van der Waals surface area (Å²) in [5.74, 6) is -0.558. The van der Waals surface area contributed by atoms with Gasteiger partial charge in [0.1, 0.15) is 0 Å². The van der Waals surface area contributed by atoms with Crippen LogP contribution in [-0.2, 0) is 29.2 Å². The van der Waals surface area contributed by atoms with Crippen LogP contribution in [0.1, 0.15) is 20.3 Å². The van der Waals surface area contributed by atoms with E-state index >= 15 is 0 Å². The molecular formula is C11H22N2O7S. The highest BCUT2D eigenvalue weighted by Crippen LogP contribution is 2.02. The van der Waals surface area contributed by atoms with Crippen molar-refractivity contribution in [3.8, 4) is 0 Å². The lowest BCUT2D eigenvalue weighted by molar-refractivity contribution is -0.140. The molecule has 0 aliphatic rings. The zero-order valence-corrected chi connectivity index (χ0v) is 13.4. The van der Waals surface area contributed by atoms with E-state index in [4.69, 9.17) is 9.47 Å². The topological polar surface area (TPSA) is 111 Å². The van der Waals surface area contributed by atoms with Gasteiger partial charge in [-0.05, 0) is 13.8 Å². The van der Waals surface area contributed by atoms with Crippen molar-refractivity contribution in [2.45, 2.75) is 26.4 Å². The van der Waals surface area contributed by atoms with Gasteiger partial charge in [0.15, 0.2) is 0 Å². The third kappa shape index (κ3) is 8.48. The number of ether oxygens (including phenoxy) is 3. The van der Waals surface area contributed by atoms with E-state index in [1.807, 2.05) is 0 Å². The van der Waals surface area contributed by atoms with Crippen molar-refractivity contribution in [1.29, 1.82) is 0 Å². The summed E-state index contributed by atoms with van der Waals surface area (Å²) in [6, 6.07) is 0. The number of amides is 1. The van der Waals surface area contributed by atoms with Gasteiger partial charge in [-0.3, -0.25) is 4.79 Å². The second kappa shape index (κ2) is 9.53. The molecule has 9 nitrogen and oxygen atoms in total. The van der Waals surface area contributed by atoms with Gasteiger partial charge in [-0.1, -0.05) is 0 Å². The van der Waals surface area contributed by atoms with Gasteiger partial charge in [-0.25, -0.2) is 9.52 Å². The standard InChI is InChI=1S/C11H22N2O7S/c1-9(2)20-11(15)12-21(16,17)13(7-8-18-3)6-5-10(14)19-4/h9H,5-8H2,1-4H3,(H,12,15). The van der Waals surface area contributed by atoms with Crippen molar-refractivity contribution >= 4 is 22.3 Å². The average molecular weight is 326 g/mol. The van der Waals surface area contributed by atoms with E-state index in [9.17, 15) is 18.0 Å². The summed E-state index contributed by atoms with van der Waals surface area (Å²) in [6.07, 6.45) is -1.67. The largest absolute Gasteiger partial charge is 0.469 e. The van der Waals surface area contributed by atoms with Crippen LogP contribution in [0.3, 0.4) is 0 Å². The normalized spacial score (nSPS) is 11.5. The Morgan fingerprint density at radius 1 is 1.19 bits per heavy atom. The SMILES string of the molecule is COCCN(CCC(=O)OC)S(=O)(=O)NC(=O)OC(C)C.